The van der Waals surface area contributed by atoms with Crippen LogP contribution in [0.25, 0.3) is 0 Å². The van der Waals surface area contributed by atoms with Crippen LogP contribution in [-0.4, -0.2) is 23.2 Å². The van der Waals surface area contributed by atoms with E-state index in [4.69, 9.17) is 5.73 Å². The van der Waals surface area contributed by atoms with Gasteiger partial charge < -0.3 is 16.2 Å². The van der Waals surface area contributed by atoms with Crippen molar-refractivity contribution in [1.82, 2.24) is 5.32 Å². The highest BCUT2D eigenvalue weighted by atomic mass is 16.3. The molecule has 0 saturated carbocycles. The van der Waals surface area contributed by atoms with E-state index in [-0.39, 0.29) is 12.5 Å². The maximum atomic E-state index is 11.9. The average Bonchev–Trinajstić information content (AvgIpc) is 2.34. The molecule has 1 amide bonds. The molecule has 0 aliphatic rings. The van der Waals surface area contributed by atoms with Crippen LogP contribution in [-0.2, 0) is 4.79 Å². The number of rotatable bonds is 6. The summed E-state index contributed by atoms with van der Waals surface area (Å²) < 4.78 is 0. The number of hydrogen-bond donors (Lipinski definition) is 3. The van der Waals surface area contributed by atoms with Gasteiger partial charge in [-0.05, 0) is 24.8 Å². The van der Waals surface area contributed by atoms with Gasteiger partial charge >= 0.3 is 0 Å². The summed E-state index contributed by atoms with van der Waals surface area (Å²) in [5.41, 5.74) is 5.74. The topological polar surface area (TPSA) is 75.3 Å². The van der Waals surface area contributed by atoms with Crippen molar-refractivity contribution in [2.45, 2.75) is 38.8 Å². The number of carbonyl (C=O) groups is 1. The Morgan fingerprint density at radius 3 is 2.47 bits per heavy atom. The molecule has 0 bridgehead atoms. The first-order valence-electron chi connectivity index (χ1n) is 6.62. The lowest BCUT2D eigenvalue weighted by Gasteiger charge is -2.26. The quantitative estimate of drug-likeness (QED) is 0.730. The first-order chi connectivity index (χ1) is 8.82. The van der Waals surface area contributed by atoms with Crippen molar-refractivity contribution in [1.29, 1.82) is 0 Å². The lowest BCUT2D eigenvalue weighted by molar-refractivity contribution is -0.123. The molecule has 0 saturated heterocycles. The first-order valence-corrected chi connectivity index (χ1v) is 6.62. The van der Waals surface area contributed by atoms with Crippen molar-refractivity contribution in [2.75, 3.05) is 6.54 Å². The summed E-state index contributed by atoms with van der Waals surface area (Å²) in [6, 6.07) is 8.50. The van der Waals surface area contributed by atoms with E-state index in [0.29, 0.717) is 12.3 Å². The van der Waals surface area contributed by atoms with Gasteiger partial charge in [0.1, 0.15) is 6.04 Å². The third kappa shape index (κ3) is 5.41. The summed E-state index contributed by atoms with van der Waals surface area (Å²) in [5.74, 6) is 0.102. The van der Waals surface area contributed by atoms with Gasteiger partial charge in [-0.15, -0.1) is 0 Å². The minimum atomic E-state index is -0.903. The van der Waals surface area contributed by atoms with E-state index in [0.717, 1.165) is 5.56 Å². The van der Waals surface area contributed by atoms with Gasteiger partial charge in [0.05, 0.1) is 5.60 Å². The van der Waals surface area contributed by atoms with Crippen LogP contribution in [0.4, 0.5) is 0 Å². The minimum absolute atomic E-state index is 0.213. The second-order valence-corrected chi connectivity index (χ2v) is 5.70. The van der Waals surface area contributed by atoms with Gasteiger partial charge in [-0.2, -0.15) is 0 Å². The zero-order valence-corrected chi connectivity index (χ0v) is 11.9. The maximum absolute atomic E-state index is 11.9. The van der Waals surface area contributed by atoms with Gasteiger partial charge in [0, 0.05) is 6.54 Å². The Labute approximate surface area is 115 Å². The summed E-state index contributed by atoms with van der Waals surface area (Å²) in [5, 5.41) is 12.8. The van der Waals surface area contributed by atoms with Crippen LogP contribution in [0.3, 0.4) is 0 Å². The second-order valence-electron chi connectivity index (χ2n) is 5.70. The molecule has 2 atom stereocenters. The fourth-order valence-corrected chi connectivity index (χ4v) is 2.15. The van der Waals surface area contributed by atoms with E-state index < -0.39 is 11.6 Å². The molecule has 0 aliphatic heterocycles. The number of hydrogen-bond acceptors (Lipinski definition) is 3. The summed E-state index contributed by atoms with van der Waals surface area (Å²) >= 11 is 0. The molecule has 0 spiro atoms. The number of nitrogens with one attached hydrogen (secondary N) is 1. The van der Waals surface area contributed by atoms with Crippen LogP contribution < -0.4 is 11.1 Å². The van der Waals surface area contributed by atoms with E-state index in [1.54, 1.807) is 6.92 Å². The smallest absolute Gasteiger partial charge is 0.241 e. The van der Waals surface area contributed by atoms with E-state index >= 15 is 0 Å². The van der Waals surface area contributed by atoms with Crippen LogP contribution in [0.1, 0.15) is 38.8 Å². The highest BCUT2D eigenvalue weighted by Crippen LogP contribution is 2.16. The molecule has 0 aliphatic carbocycles. The van der Waals surface area contributed by atoms with E-state index in [1.807, 2.05) is 44.2 Å². The predicted molar refractivity (Wildman–Crippen MR) is 76.5 cm³/mol. The predicted octanol–water partition coefficient (Wildman–Crippen LogP) is 1.60. The van der Waals surface area contributed by atoms with E-state index in [1.165, 1.54) is 0 Å². The molecule has 0 heterocycles. The monoisotopic (exact) mass is 264 g/mol. The van der Waals surface area contributed by atoms with Crippen molar-refractivity contribution in [3.63, 3.8) is 0 Å². The Kier molecular flexibility index (Phi) is 5.51. The number of amides is 1. The van der Waals surface area contributed by atoms with Gasteiger partial charge in [-0.3, -0.25) is 4.79 Å². The largest absolute Gasteiger partial charge is 0.388 e. The molecule has 106 valence electrons. The van der Waals surface area contributed by atoms with Gasteiger partial charge in [-0.25, -0.2) is 0 Å². The lowest BCUT2D eigenvalue weighted by Crippen LogP contribution is -2.44. The Morgan fingerprint density at radius 2 is 1.95 bits per heavy atom. The molecule has 0 radical (unpaired) electrons. The van der Waals surface area contributed by atoms with E-state index in [9.17, 15) is 9.90 Å². The summed E-state index contributed by atoms with van der Waals surface area (Å²) in [7, 11) is 0. The minimum Gasteiger partial charge on any atom is -0.388 e. The van der Waals surface area contributed by atoms with Gasteiger partial charge in [0.25, 0.3) is 0 Å². The van der Waals surface area contributed by atoms with Crippen molar-refractivity contribution in [3.8, 4) is 0 Å². The Morgan fingerprint density at radius 1 is 1.37 bits per heavy atom. The molecular weight excluding hydrogens is 240 g/mol. The second kappa shape index (κ2) is 6.68. The van der Waals surface area contributed by atoms with Crippen LogP contribution in [0.2, 0.25) is 0 Å². The molecule has 19 heavy (non-hydrogen) atoms. The zero-order chi connectivity index (χ0) is 14.5. The third-order valence-corrected chi connectivity index (χ3v) is 2.93. The van der Waals surface area contributed by atoms with Crippen molar-refractivity contribution in [3.05, 3.63) is 35.9 Å². The molecule has 0 aromatic heterocycles. The maximum Gasteiger partial charge on any atom is 0.241 e. The zero-order valence-electron chi connectivity index (χ0n) is 11.9. The Hall–Kier alpha value is -1.39. The SMILES string of the molecule is CC(C)CC(C)(O)CNC(=O)C(N)c1ccccc1. The summed E-state index contributed by atoms with van der Waals surface area (Å²) in [4.78, 5) is 11.9. The van der Waals surface area contributed by atoms with E-state index in [2.05, 4.69) is 5.32 Å². The number of aliphatic hydroxyl groups is 1. The van der Waals surface area contributed by atoms with Gasteiger partial charge in [-0.1, -0.05) is 44.2 Å². The van der Waals surface area contributed by atoms with Crippen LogP contribution in [0.5, 0.6) is 0 Å². The molecule has 1 aromatic rings. The van der Waals surface area contributed by atoms with Crippen LogP contribution >= 0.6 is 0 Å². The van der Waals surface area contributed by atoms with Crippen LogP contribution in [0, 0.1) is 5.92 Å². The number of nitrogens with two attached hydrogens (primary N) is 1. The Bertz CT molecular complexity index is 402. The molecule has 2 unspecified atom stereocenters. The fraction of sp³-hybridized carbons (Fsp3) is 0.533. The average molecular weight is 264 g/mol. The highest BCUT2D eigenvalue weighted by molar-refractivity contribution is 5.82. The molecule has 1 rings (SSSR count). The summed E-state index contributed by atoms with van der Waals surface area (Å²) in [6.45, 7) is 6.00. The summed E-state index contributed by atoms with van der Waals surface area (Å²) in [6.07, 6.45) is 0.633. The van der Waals surface area contributed by atoms with Gasteiger partial charge in [0.15, 0.2) is 0 Å². The fourth-order valence-electron chi connectivity index (χ4n) is 2.15. The molecule has 1 aromatic carbocycles. The third-order valence-electron chi connectivity index (χ3n) is 2.93. The standard InChI is InChI=1S/C15H24N2O2/c1-11(2)9-15(3,19)10-17-14(18)13(16)12-7-5-4-6-8-12/h4-8,11,13,19H,9-10,16H2,1-3H3,(H,17,18). The molecule has 4 heteroatoms. The highest BCUT2D eigenvalue weighted by Gasteiger charge is 2.24. The normalized spacial score (nSPS) is 15.9. The Balaban J connectivity index is 2.52. The molecule has 4 nitrogen and oxygen atoms in total. The lowest BCUT2D eigenvalue weighted by atomic mass is 9.94. The first kappa shape index (κ1) is 15.7. The van der Waals surface area contributed by atoms with Crippen molar-refractivity contribution in [2.24, 2.45) is 11.7 Å². The van der Waals surface area contributed by atoms with Gasteiger partial charge in [0.2, 0.25) is 5.91 Å². The number of benzene rings is 1. The molecular formula is C15H24N2O2. The van der Waals surface area contributed by atoms with Crippen LogP contribution in [0.15, 0.2) is 30.3 Å². The molecule has 0 fully saturated rings. The van der Waals surface area contributed by atoms with Crippen molar-refractivity contribution >= 4 is 5.91 Å². The molecule has 4 N–H and O–H groups in total. The van der Waals surface area contributed by atoms with Crippen molar-refractivity contribution < 1.29 is 9.90 Å². The number of carbonyl (C=O) groups excluding carboxylic acids is 1.